The first-order valence-electron chi connectivity index (χ1n) is 7.03. The highest BCUT2D eigenvalue weighted by Gasteiger charge is 2.19. The molecule has 2 rings (SSSR count). The standard InChI is InChI=1S/C16H23NO2/c1-11-9-16(19-3)12(2)8-14(11)15(18)10-13-6-4-5-7-17-13/h8-9,13,17H,4-7,10H2,1-3H3. The molecule has 0 radical (unpaired) electrons. The minimum Gasteiger partial charge on any atom is -0.496 e. The average Bonchev–Trinajstić information content (AvgIpc) is 2.42. The summed E-state index contributed by atoms with van der Waals surface area (Å²) < 4.78 is 5.29. The Balaban J connectivity index is 2.12. The Kier molecular flexibility index (Phi) is 4.59. The van der Waals surface area contributed by atoms with Crippen molar-refractivity contribution < 1.29 is 9.53 Å². The van der Waals surface area contributed by atoms with Crippen molar-refractivity contribution in [2.75, 3.05) is 13.7 Å². The van der Waals surface area contributed by atoms with Crippen LogP contribution in [0.25, 0.3) is 0 Å². The zero-order valence-electron chi connectivity index (χ0n) is 12.1. The molecule has 3 heteroatoms. The molecule has 0 bridgehead atoms. The van der Waals surface area contributed by atoms with E-state index >= 15 is 0 Å². The third-order valence-electron chi connectivity index (χ3n) is 3.89. The van der Waals surface area contributed by atoms with Gasteiger partial charge < -0.3 is 10.1 Å². The van der Waals surface area contributed by atoms with Crippen molar-refractivity contribution in [2.45, 2.75) is 45.6 Å². The second-order valence-electron chi connectivity index (χ2n) is 5.41. The molecule has 0 amide bonds. The summed E-state index contributed by atoms with van der Waals surface area (Å²) in [5.41, 5.74) is 2.86. The van der Waals surface area contributed by atoms with Crippen molar-refractivity contribution in [3.8, 4) is 5.75 Å². The van der Waals surface area contributed by atoms with E-state index in [9.17, 15) is 4.79 Å². The van der Waals surface area contributed by atoms with Gasteiger partial charge in [0.15, 0.2) is 5.78 Å². The smallest absolute Gasteiger partial charge is 0.164 e. The molecule has 1 N–H and O–H groups in total. The van der Waals surface area contributed by atoms with Gasteiger partial charge in [-0.1, -0.05) is 6.42 Å². The molecule has 0 saturated carbocycles. The number of carbonyl (C=O) groups is 1. The minimum atomic E-state index is 0.239. The van der Waals surface area contributed by atoms with E-state index in [1.807, 2.05) is 26.0 Å². The average molecular weight is 261 g/mol. The van der Waals surface area contributed by atoms with Crippen molar-refractivity contribution in [3.05, 3.63) is 28.8 Å². The fraction of sp³-hybridized carbons (Fsp3) is 0.562. The van der Waals surface area contributed by atoms with E-state index < -0.39 is 0 Å². The lowest BCUT2D eigenvalue weighted by Crippen LogP contribution is -2.35. The van der Waals surface area contributed by atoms with Crippen LogP contribution in [0.4, 0.5) is 0 Å². The van der Waals surface area contributed by atoms with E-state index in [2.05, 4.69) is 5.32 Å². The van der Waals surface area contributed by atoms with Crippen LogP contribution in [0.15, 0.2) is 12.1 Å². The highest BCUT2D eigenvalue weighted by Crippen LogP contribution is 2.24. The SMILES string of the molecule is COc1cc(C)c(C(=O)CC2CCCCN2)cc1C. The zero-order chi connectivity index (χ0) is 13.8. The van der Waals surface area contributed by atoms with Gasteiger partial charge in [0.25, 0.3) is 0 Å². The fourth-order valence-electron chi connectivity index (χ4n) is 2.74. The number of rotatable bonds is 4. The molecule has 1 aliphatic heterocycles. The van der Waals surface area contributed by atoms with Gasteiger partial charge in [0.1, 0.15) is 5.75 Å². The van der Waals surface area contributed by atoms with Crippen molar-refractivity contribution in [2.24, 2.45) is 0 Å². The first kappa shape index (κ1) is 14.1. The highest BCUT2D eigenvalue weighted by molar-refractivity contribution is 5.98. The van der Waals surface area contributed by atoms with Gasteiger partial charge in [0, 0.05) is 18.0 Å². The third-order valence-corrected chi connectivity index (χ3v) is 3.89. The molecule has 1 aromatic carbocycles. The Bertz CT molecular complexity index is 462. The van der Waals surface area contributed by atoms with Crippen LogP contribution in [0.1, 0.15) is 47.2 Å². The predicted octanol–water partition coefficient (Wildman–Crippen LogP) is 3.03. The summed E-state index contributed by atoms with van der Waals surface area (Å²) in [7, 11) is 1.66. The number of ether oxygens (including phenoxy) is 1. The number of Topliss-reactive ketones (excluding diaryl/α,β-unsaturated/α-hetero) is 1. The summed E-state index contributed by atoms with van der Waals surface area (Å²) in [6, 6.07) is 4.26. The number of hydrogen-bond acceptors (Lipinski definition) is 3. The van der Waals surface area contributed by atoms with Gasteiger partial charge in [0.2, 0.25) is 0 Å². The summed E-state index contributed by atoms with van der Waals surface area (Å²) in [4.78, 5) is 12.4. The van der Waals surface area contributed by atoms with Crippen molar-refractivity contribution in [3.63, 3.8) is 0 Å². The Labute approximate surface area is 115 Å². The quantitative estimate of drug-likeness (QED) is 0.847. The van der Waals surface area contributed by atoms with Gasteiger partial charge in [-0.15, -0.1) is 0 Å². The highest BCUT2D eigenvalue weighted by atomic mass is 16.5. The summed E-state index contributed by atoms with van der Waals surface area (Å²) in [5.74, 6) is 1.09. The van der Waals surface area contributed by atoms with E-state index in [1.54, 1.807) is 7.11 Å². The Morgan fingerprint density at radius 2 is 2.11 bits per heavy atom. The van der Waals surface area contributed by atoms with Gasteiger partial charge in [-0.05, 0) is 56.5 Å². The van der Waals surface area contributed by atoms with Crippen LogP contribution >= 0.6 is 0 Å². The summed E-state index contributed by atoms with van der Waals surface area (Å²) >= 11 is 0. The molecule has 104 valence electrons. The molecule has 1 fully saturated rings. The first-order valence-corrected chi connectivity index (χ1v) is 7.03. The summed E-state index contributed by atoms with van der Waals surface area (Å²) in [5, 5.41) is 3.43. The number of piperidine rings is 1. The second kappa shape index (κ2) is 6.20. The van der Waals surface area contributed by atoms with Crippen molar-refractivity contribution in [1.29, 1.82) is 0 Å². The molecule has 19 heavy (non-hydrogen) atoms. The van der Waals surface area contributed by atoms with Crippen LogP contribution in [-0.4, -0.2) is 25.5 Å². The summed E-state index contributed by atoms with van der Waals surface area (Å²) in [6.45, 7) is 5.00. The Hall–Kier alpha value is -1.35. The molecule has 1 aliphatic rings. The molecule has 1 saturated heterocycles. The zero-order valence-corrected chi connectivity index (χ0v) is 12.1. The largest absolute Gasteiger partial charge is 0.496 e. The number of nitrogens with one attached hydrogen (secondary N) is 1. The molecule has 3 nitrogen and oxygen atoms in total. The van der Waals surface area contributed by atoms with Crippen LogP contribution < -0.4 is 10.1 Å². The molecule has 1 heterocycles. The molecule has 1 unspecified atom stereocenters. The predicted molar refractivity (Wildman–Crippen MR) is 77.1 cm³/mol. The molecule has 1 atom stereocenters. The van der Waals surface area contributed by atoms with E-state index in [-0.39, 0.29) is 5.78 Å². The lowest BCUT2D eigenvalue weighted by Gasteiger charge is -2.23. The fourth-order valence-corrected chi connectivity index (χ4v) is 2.74. The number of ketones is 1. The third kappa shape index (κ3) is 3.35. The number of hydrogen-bond donors (Lipinski definition) is 1. The second-order valence-corrected chi connectivity index (χ2v) is 5.41. The molecule has 0 aliphatic carbocycles. The Morgan fingerprint density at radius 1 is 1.32 bits per heavy atom. The monoisotopic (exact) mass is 261 g/mol. The molecule has 0 spiro atoms. The molecular formula is C16H23NO2. The lowest BCUT2D eigenvalue weighted by atomic mass is 9.94. The van der Waals surface area contributed by atoms with E-state index in [1.165, 1.54) is 12.8 Å². The van der Waals surface area contributed by atoms with Crippen molar-refractivity contribution >= 4 is 5.78 Å². The molecule has 1 aromatic rings. The van der Waals surface area contributed by atoms with Gasteiger partial charge in [0.05, 0.1) is 7.11 Å². The van der Waals surface area contributed by atoms with Gasteiger partial charge in [-0.3, -0.25) is 4.79 Å². The van der Waals surface area contributed by atoms with Gasteiger partial charge in [-0.2, -0.15) is 0 Å². The van der Waals surface area contributed by atoms with Crippen LogP contribution in [-0.2, 0) is 0 Å². The number of aryl methyl sites for hydroxylation is 2. The maximum atomic E-state index is 12.4. The minimum absolute atomic E-state index is 0.239. The van der Waals surface area contributed by atoms with Crippen LogP contribution in [0, 0.1) is 13.8 Å². The van der Waals surface area contributed by atoms with Crippen LogP contribution in [0.3, 0.4) is 0 Å². The van der Waals surface area contributed by atoms with E-state index in [0.29, 0.717) is 12.5 Å². The maximum absolute atomic E-state index is 12.4. The topological polar surface area (TPSA) is 38.3 Å². The molecular weight excluding hydrogens is 238 g/mol. The lowest BCUT2D eigenvalue weighted by molar-refractivity contribution is 0.0963. The maximum Gasteiger partial charge on any atom is 0.164 e. The Morgan fingerprint density at radius 3 is 2.74 bits per heavy atom. The van der Waals surface area contributed by atoms with Crippen molar-refractivity contribution in [1.82, 2.24) is 5.32 Å². The van der Waals surface area contributed by atoms with E-state index in [0.717, 1.165) is 35.4 Å². The van der Waals surface area contributed by atoms with E-state index in [4.69, 9.17) is 4.74 Å². The number of carbonyl (C=O) groups excluding carboxylic acids is 1. The number of benzene rings is 1. The normalized spacial score (nSPS) is 19.2. The van der Waals surface area contributed by atoms with Gasteiger partial charge >= 0.3 is 0 Å². The van der Waals surface area contributed by atoms with Crippen LogP contribution in [0.5, 0.6) is 5.75 Å². The molecule has 0 aromatic heterocycles. The number of methoxy groups -OCH3 is 1. The van der Waals surface area contributed by atoms with Gasteiger partial charge in [-0.25, -0.2) is 0 Å². The van der Waals surface area contributed by atoms with Crippen LogP contribution in [0.2, 0.25) is 0 Å². The summed E-state index contributed by atoms with van der Waals surface area (Å²) in [6.07, 6.45) is 4.17. The first-order chi connectivity index (χ1) is 9.11.